The summed E-state index contributed by atoms with van der Waals surface area (Å²) >= 11 is 1.47. The van der Waals surface area contributed by atoms with Crippen LogP contribution in [0, 0.1) is 10.1 Å². The number of nitro benzene ring substituents is 1. The van der Waals surface area contributed by atoms with Crippen LogP contribution in [0.4, 0.5) is 5.69 Å². The summed E-state index contributed by atoms with van der Waals surface area (Å²) in [6, 6.07) is 22.8. The second-order valence-electron chi connectivity index (χ2n) is 6.58. The molecule has 1 aliphatic heterocycles. The molecule has 0 bridgehead atoms. The smallest absolute Gasteiger partial charge is 0.258 e. The van der Waals surface area contributed by atoms with Gasteiger partial charge in [0.1, 0.15) is 0 Å². The van der Waals surface area contributed by atoms with E-state index in [1.165, 1.54) is 28.2 Å². The van der Waals surface area contributed by atoms with Crippen LogP contribution in [0.2, 0.25) is 0 Å². The first-order valence-electron chi connectivity index (χ1n) is 9.00. The van der Waals surface area contributed by atoms with E-state index in [0.717, 1.165) is 11.1 Å². The van der Waals surface area contributed by atoms with Gasteiger partial charge in [-0.2, -0.15) is 4.31 Å². The lowest BCUT2D eigenvalue weighted by Crippen LogP contribution is -2.30. The van der Waals surface area contributed by atoms with Crippen LogP contribution in [-0.4, -0.2) is 29.9 Å². The molecule has 8 heteroatoms. The Morgan fingerprint density at radius 2 is 1.62 bits per heavy atom. The molecule has 1 aliphatic rings. The lowest BCUT2D eigenvalue weighted by Gasteiger charge is -2.23. The van der Waals surface area contributed by atoms with E-state index < -0.39 is 20.3 Å². The summed E-state index contributed by atoms with van der Waals surface area (Å²) < 4.78 is 28.0. The van der Waals surface area contributed by atoms with Gasteiger partial charge in [-0.05, 0) is 28.8 Å². The highest BCUT2D eigenvalue weighted by Crippen LogP contribution is 2.42. The van der Waals surface area contributed by atoms with Crippen molar-refractivity contribution in [3.8, 4) is 11.1 Å². The molecule has 1 fully saturated rings. The monoisotopic (exact) mass is 426 g/mol. The van der Waals surface area contributed by atoms with Crippen LogP contribution in [0.25, 0.3) is 11.1 Å². The maximum absolute atomic E-state index is 13.3. The Kier molecular flexibility index (Phi) is 5.40. The van der Waals surface area contributed by atoms with Crippen molar-refractivity contribution in [3.63, 3.8) is 0 Å². The van der Waals surface area contributed by atoms with Gasteiger partial charge < -0.3 is 0 Å². The summed E-state index contributed by atoms with van der Waals surface area (Å²) in [5.74, 6) is 0.634. The van der Waals surface area contributed by atoms with Crippen molar-refractivity contribution < 1.29 is 13.3 Å². The molecule has 148 valence electrons. The average Bonchev–Trinajstić information content (AvgIpc) is 3.25. The molecule has 6 nitrogen and oxygen atoms in total. The number of hydrogen-bond donors (Lipinski definition) is 0. The number of non-ortho nitro benzene ring substituents is 1. The zero-order chi connectivity index (χ0) is 20.4. The van der Waals surface area contributed by atoms with E-state index >= 15 is 0 Å². The molecule has 3 aromatic carbocycles. The Morgan fingerprint density at radius 3 is 2.31 bits per heavy atom. The van der Waals surface area contributed by atoms with Gasteiger partial charge in [-0.3, -0.25) is 10.1 Å². The van der Waals surface area contributed by atoms with Gasteiger partial charge in [0.05, 0.1) is 15.2 Å². The molecule has 1 unspecified atom stereocenters. The fourth-order valence-electron chi connectivity index (χ4n) is 3.34. The van der Waals surface area contributed by atoms with Crippen molar-refractivity contribution >= 4 is 27.5 Å². The zero-order valence-electron chi connectivity index (χ0n) is 15.3. The predicted octanol–water partition coefficient (Wildman–Crippen LogP) is 4.70. The summed E-state index contributed by atoms with van der Waals surface area (Å²) in [5.41, 5.74) is 2.53. The molecule has 1 saturated heterocycles. The fourth-order valence-corrected chi connectivity index (χ4v) is 6.57. The van der Waals surface area contributed by atoms with E-state index in [0.29, 0.717) is 17.9 Å². The van der Waals surface area contributed by atoms with Gasteiger partial charge in [0.15, 0.2) is 0 Å². The lowest BCUT2D eigenvalue weighted by atomic mass is 10.1. The summed E-state index contributed by atoms with van der Waals surface area (Å²) in [4.78, 5) is 10.8. The number of hydrogen-bond acceptors (Lipinski definition) is 5. The normalized spacial score (nSPS) is 17.3. The second kappa shape index (κ2) is 7.98. The summed E-state index contributed by atoms with van der Waals surface area (Å²) in [5, 5.41) is 10.6. The van der Waals surface area contributed by atoms with Crippen LogP contribution in [0.3, 0.4) is 0 Å². The van der Waals surface area contributed by atoms with Gasteiger partial charge in [-0.25, -0.2) is 8.42 Å². The van der Waals surface area contributed by atoms with E-state index in [-0.39, 0.29) is 10.6 Å². The highest BCUT2D eigenvalue weighted by molar-refractivity contribution is 8.01. The van der Waals surface area contributed by atoms with Gasteiger partial charge in [-0.1, -0.05) is 54.6 Å². The zero-order valence-corrected chi connectivity index (χ0v) is 17.0. The number of thioether (sulfide) groups is 1. The number of nitro groups is 1. The Bertz CT molecular complexity index is 1130. The fraction of sp³-hybridized carbons (Fsp3) is 0.143. The molecule has 1 heterocycles. The maximum atomic E-state index is 13.3. The molecule has 0 amide bonds. The largest absolute Gasteiger partial charge is 0.269 e. The molecule has 29 heavy (non-hydrogen) atoms. The number of sulfonamides is 1. The Hall–Kier alpha value is -2.68. The van der Waals surface area contributed by atoms with Crippen LogP contribution >= 0.6 is 11.8 Å². The van der Waals surface area contributed by atoms with Gasteiger partial charge in [0.2, 0.25) is 10.0 Å². The van der Waals surface area contributed by atoms with Crippen molar-refractivity contribution in [1.82, 2.24) is 4.31 Å². The van der Waals surface area contributed by atoms with Crippen LogP contribution in [0.1, 0.15) is 10.9 Å². The predicted molar refractivity (Wildman–Crippen MR) is 114 cm³/mol. The molecule has 0 saturated carbocycles. The van der Waals surface area contributed by atoms with E-state index in [4.69, 9.17) is 0 Å². The topological polar surface area (TPSA) is 80.5 Å². The van der Waals surface area contributed by atoms with Crippen molar-refractivity contribution in [3.05, 3.63) is 94.5 Å². The molecule has 4 rings (SSSR count). The molecule has 1 atom stereocenters. The minimum Gasteiger partial charge on any atom is -0.258 e. The van der Waals surface area contributed by atoms with Crippen LogP contribution in [-0.2, 0) is 10.0 Å². The third-order valence-corrected chi connectivity index (χ3v) is 8.06. The van der Waals surface area contributed by atoms with Gasteiger partial charge >= 0.3 is 0 Å². The van der Waals surface area contributed by atoms with E-state index in [1.54, 1.807) is 36.4 Å². The van der Waals surface area contributed by atoms with Crippen LogP contribution in [0.15, 0.2) is 83.8 Å². The summed E-state index contributed by atoms with van der Waals surface area (Å²) in [7, 11) is -3.73. The van der Waals surface area contributed by atoms with Gasteiger partial charge in [-0.15, -0.1) is 11.8 Å². The van der Waals surface area contributed by atoms with Gasteiger partial charge in [0.25, 0.3) is 5.69 Å². The number of benzene rings is 3. The molecule has 0 aromatic heterocycles. The number of rotatable bonds is 5. The number of nitrogens with zero attached hydrogens (tertiary/aromatic N) is 2. The van der Waals surface area contributed by atoms with E-state index in [1.807, 2.05) is 30.3 Å². The lowest BCUT2D eigenvalue weighted by molar-refractivity contribution is -0.384. The molecule has 3 aromatic rings. The molecule has 0 radical (unpaired) electrons. The Labute approximate surface area is 173 Å². The minimum absolute atomic E-state index is 0.0421. The van der Waals surface area contributed by atoms with Gasteiger partial charge in [0, 0.05) is 24.4 Å². The molecular formula is C21H18N2O4S2. The first-order valence-corrected chi connectivity index (χ1v) is 11.5. The van der Waals surface area contributed by atoms with E-state index in [2.05, 4.69) is 0 Å². The molecular weight excluding hydrogens is 408 g/mol. The maximum Gasteiger partial charge on any atom is 0.269 e. The van der Waals surface area contributed by atoms with Crippen molar-refractivity contribution in [1.29, 1.82) is 0 Å². The Balaban J connectivity index is 1.64. The third-order valence-electron chi connectivity index (χ3n) is 4.78. The summed E-state index contributed by atoms with van der Waals surface area (Å²) in [6.07, 6.45) is 0. The highest BCUT2D eigenvalue weighted by Gasteiger charge is 2.37. The third kappa shape index (κ3) is 3.91. The SMILES string of the molecule is O=[N+]([O-])c1cccc(C2SCCN2S(=O)(=O)c2ccc(-c3ccccc3)cc2)c1. The van der Waals surface area contributed by atoms with E-state index in [9.17, 15) is 18.5 Å². The van der Waals surface area contributed by atoms with Crippen LogP contribution in [0.5, 0.6) is 0 Å². The first-order chi connectivity index (χ1) is 14.0. The molecule has 0 N–H and O–H groups in total. The second-order valence-corrected chi connectivity index (χ2v) is 9.66. The molecule has 0 aliphatic carbocycles. The molecule has 0 spiro atoms. The van der Waals surface area contributed by atoms with Crippen molar-refractivity contribution in [2.75, 3.05) is 12.3 Å². The summed E-state index contributed by atoms with van der Waals surface area (Å²) in [6.45, 7) is 0.362. The average molecular weight is 427 g/mol. The quantitative estimate of drug-likeness (QED) is 0.436. The van der Waals surface area contributed by atoms with Crippen molar-refractivity contribution in [2.45, 2.75) is 10.3 Å². The van der Waals surface area contributed by atoms with Crippen molar-refractivity contribution in [2.24, 2.45) is 0 Å². The van der Waals surface area contributed by atoms with Crippen LogP contribution < -0.4 is 0 Å². The Morgan fingerprint density at radius 1 is 0.931 bits per heavy atom. The highest BCUT2D eigenvalue weighted by atomic mass is 32.2. The standard InChI is InChI=1S/C21H18N2O4S2/c24-23(25)19-8-4-7-18(15-19)21-22(13-14-28-21)29(26,27)20-11-9-17(10-12-20)16-5-2-1-3-6-16/h1-12,15,21H,13-14H2. The minimum atomic E-state index is -3.73. The first kappa shape index (κ1) is 19.6.